The van der Waals surface area contributed by atoms with Crippen LogP contribution in [0.4, 0.5) is 5.95 Å². The molecular formula is C19H18ClN5O. The summed E-state index contributed by atoms with van der Waals surface area (Å²) in [6.07, 6.45) is 4.82. The first-order valence-corrected chi connectivity index (χ1v) is 8.82. The SMILES string of the molecule is C[C@]1(Cc2ccc(Cl)cc2)CCN(c2nc(-c3ccncc3)n[nH]2)C1=O. The molecule has 0 aliphatic carbocycles. The molecule has 2 aromatic heterocycles. The fraction of sp³-hybridized carbons (Fsp3) is 0.263. The van der Waals surface area contributed by atoms with Gasteiger partial charge in [-0.05, 0) is 42.7 Å². The van der Waals surface area contributed by atoms with Crippen LogP contribution >= 0.6 is 11.6 Å². The predicted octanol–water partition coefficient (Wildman–Crippen LogP) is 3.51. The van der Waals surface area contributed by atoms with E-state index in [1.807, 2.05) is 43.3 Å². The van der Waals surface area contributed by atoms with Crippen LogP contribution in [0.3, 0.4) is 0 Å². The number of carbonyl (C=O) groups excluding carboxylic acids is 1. The van der Waals surface area contributed by atoms with Crippen molar-refractivity contribution in [2.75, 3.05) is 11.4 Å². The van der Waals surface area contributed by atoms with Crippen LogP contribution in [0.1, 0.15) is 18.9 Å². The second-order valence-electron chi connectivity index (χ2n) is 6.79. The van der Waals surface area contributed by atoms with Gasteiger partial charge in [0.2, 0.25) is 11.9 Å². The third kappa shape index (κ3) is 3.08. The molecule has 1 atom stereocenters. The molecule has 1 aromatic carbocycles. The second kappa shape index (κ2) is 6.53. The van der Waals surface area contributed by atoms with E-state index in [1.54, 1.807) is 17.3 Å². The first kappa shape index (κ1) is 16.7. The zero-order valence-electron chi connectivity index (χ0n) is 14.3. The highest BCUT2D eigenvalue weighted by Gasteiger charge is 2.44. The van der Waals surface area contributed by atoms with Gasteiger partial charge >= 0.3 is 0 Å². The zero-order valence-corrected chi connectivity index (χ0v) is 15.1. The van der Waals surface area contributed by atoms with Gasteiger partial charge in [-0.2, -0.15) is 10.1 Å². The van der Waals surface area contributed by atoms with E-state index in [0.29, 0.717) is 29.8 Å². The molecule has 0 radical (unpaired) electrons. The number of carbonyl (C=O) groups is 1. The number of anilines is 1. The largest absolute Gasteiger partial charge is 0.281 e. The number of nitrogens with one attached hydrogen (secondary N) is 1. The van der Waals surface area contributed by atoms with Crippen LogP contribution in [-0.4, -0.2) is 32.6 Å². The summed E-state index contributed by atoms with van der Waals surface area (Å²) >= 11 is 5.95. The molecule has 1 aliphatic heterocycles. The maximum absolute atomic E-state index is 13.0. The van der Waals surface area contributed by atoms with Crippen molar-refractivity contribution in [1.82, 2.24) is 20.2 Å². The third-order valence-electron chi connectivity index (χ3n) is 4.82. The lowest BCUT2D eigenvalue weighted by molar-refractivity contribution is -0.124. The minimum Gasteiger partial charge on any atom is -0.281 e. The van der Waals surface area contributed by atoms with Crippen molar-refractivity contribution in [2.45, 2.75) is 19.8 Å². The number of amides is 1. The van der Waals surface area contributed by atoms with Crippen molar-refractivity contribution >= 4 is 23.5 Å². The van der Waals surface area contributed by atoms with Gasteiger partial charge < -0.3 is 0 Å². The fourth-order valence-corrected chi connectivity index (χ4v) is 3.44. The van der Waals surface area contributed by atoms with Gasteiger partial charge in [0.25, 0.3) is 0 Å². The van der Waals surface area contributed by atoms with E-state index in [0.717, 1.165) is 17.5 Å². The molecule has 0 bridgehead atoms. The fourth-order valence-electron chi connectivity index (χ4n) is 3.32. The molecule has 1 N–H and O–H groups in total. The maximum atomic E-state index is 13.0. The summed E-state index contributed by atoms with van der Waals surface area (Å²) in [5.74, 6) is 1.10. The summed E-state index contributed by atoms with van der Waals surface area (Å²) in [6.45, 7) is 2.62. The van der Waals surface area contributed by atoms with Crippen molar-refractivity contribution in [1.29, 1.82) is 0 Å². The Hall–Kier alpha value is -2.73. The molecule has 1 amide bonds. The Morgan fingerprint density at radius 2 is 1.92 bits per heavy atom. The maximum Gasteiger partial charge on any atom is 0.235 e. The highest BCUT2D eigenvalue weighted by atomic mass is 35.5. The Bertz CT molecular complexity index is 925. The lowest BCUT2D eigenvalue weighted by atomic mass is 9.82. The van der Waals surface area contributed by atoms with Crippen molar-refractivity contribution < 1.29 is 4.79 Å². The van der Waals surface area contributed by atoms with Gasteiger partial charge in [-0.3, -0.25) is 14.7 Å². The van der Waals surface area contributed by atoms with Crippen LogP contribution in [0.5, 0.6) is 0 Å². The number of hydrogen-bond acceptors (Lipinski definition) is 4. The lowest BCUT2D eigenvalue weighted by Gasteiger charge is -2.22. The standard InChI is InChI=1S/C19H18ClN5O/c1-19(12-13-2-4-15(20)5-3-13)8-11-25(17(19)26)18-22-16(23-24-18)14-6-9-21-10-7-14/h2-7,9-10H,8,11-12H2,1H3,(H,22,23,24)/t19-/m1/s1. The smallest absolute Gasteiger partial charge is 0.235 e. The minimum absolute atomic E-state index is 0.0601. The van der Waals surface area contributed by atoms with Crippen molar-refractivity contribution in [3.8, 4) is 11.4 Å². The van der Waals surface area contributed by atoms with Gasteiger partial charge in [-0.25, -0.2) is 5.10 Å². The van der Waals surface area contributed by atoms with Gasteiger partial charge in [0.05, 0.1) is 5.41 Å². The second-order valence-corrected chi connectivity index (χ2v) is 7.23. The summed E-state index contributed by atoms with van der Waals surface area (Å²) < 4.78 is 0. The molecule has 7 heteroatoms. The van der Waals surface area contributed by atoms with Crippen molar-refractivity contribution in [3.63, 3.8) is 0 Å². The molecular weight excluding hydrogens is 350 g/mol. The number of halogens is 1. The number of aromatic amines is 1. The predicted molar refractivity (Wildman–Crippen MR) is 99.8 cm³/mol. The summed E-state index contributed by atoms with van der Waals surface area (Å²) in [6, 6.07) is 11.3. The topological polar surface area (TPSA) is 74.8 Å². The quantitative estimate of drug-likeness (QED) is 0.765. The average molecular weight is 368 g/mol. The van der Waals surface area contributed by atoms with Gasteiger partial charge in [-0.15, -0.1) is 0 Å². The van der Waals surface area contributed by atoms with E-state index >= 15 is 0 Å². The van der Waals surface area contributed by atoms with E-state index < -0.39 is 5.41 Å². The van der Waals surface area contributed by atoms with E-state index in [4.69, 9.17) is 11.6 Å². The van der Waals surface area contributed by atoms with E-state index in [-0.39, 0.29) is 5.91 Å². The first-order chi connectivity index (χ1) is 12.5. The highest BCUT2D eigenvalue weighted by Crippen LogP contribution is 2.37. The monoisotopic (exact) mass is 367 g/mol. The molecule has 0 spiro atoms. The number of pyridine rings is 1. The summed E-state index contributed by atoms with van der Waals surface area (Å²) in [5, 5.41) is 7.82. The molecule has 0 saturated carbocycles. The molecule has 1 aliphatic rings. The number of hydrogen-bond donors (Lipinski definition) is 1. The normalized spacial score (nSPS) is 19.9. The summed E-state index contributed by atoms with van der Waals surface area (Å²) in [4.78, 5) is 23.2. The van der Waals surface area contributed by atoms with E-state index in [2.05, 4.69) is 20.2 Å². The molecule has 1 saturated heterocycles. The Labute approximate surface area is 156 Å². The summed E-state index contributed by atoms with van der Waals surface area (Å²) in [5.41, 5.74) is 1.50. The third-order valence-corrected chi connectivity index (χ3v) is 5.08. The number of aromatic nitrogens is 4. The van der Waals surface area contributed by atoms with Gasteiger partial charge in [-0.1, -0.05) is 30.7 Å². The van der Waals surface area contributed by atoms with Crippen LogP contribution in [0.25, 0.3) is 11.4 Å². The van der Waals surface area contributed by atoms with E-state index in [1.165, 1.54) is 0 Å². The van der Waals surface area contributed by atoms with Crippen LogP contribution in [0.2, 0.25) is 5.02 Å². The Morgan fingerprint density at radius 3 is 2.65 bits per heavy atom. The minimum atomic E-state index is -0.461. The van der Waals surface area contributed by atoms with Gasteiger partial charge in [0.15, 0.2) is 5.82 Å². The van der Waals surface area contributed by atoms with Crippen LogP contribution < -0.4 is 4.90 Å². The number of nitrogens with zero attached hydrogens (tertiary/aromatic N) is 4. The molecule has 3 aromatic rings. The van der Waals surface area contributed by atoms with Crippen LogP contribution in [0.15, 0.2) is 48.8 Å². The Morgan fingerprint density at radius 1 is 1.19 bits per heavy atom. The molecule has 3 heterocycles. The number of rotatable bonds is 4. The Balaban J connectivity index is 1.54. The zero-order chi connectivity index (χ0) is 18.1. The molecule has 4 rings (SSSR count). The van der Waals surface area contributed by atoms with Crippen LogP contribution in [-0.2, 0) is 11.2 Å². The molecule has 0 unspecified atom stereocenters. The number of benzene rings is 1. The van der Waals surface area contributed by atoms with Crippen molar-refractivity contribution in [2.24, 2.45) is 5.41 Å². The average Bonchev–Trinajstić information content (AvgIpc) is 3.24. The first-order valence-electron chi connectivity index (χ1n) is 8.44. The molecule has 132 valence electrons. The molecule has 6 nitrogen and oxygen atoms in total. The summed E-state index contributed by atoms with van der Waals surface area (Å²) in [7, 11) is 0. The lowest BCUT2D eigenvalue weighted by Crippen LogP contribution is -2.34. The molecule has 26 heavy (non-hydrogen) atoms. The Kier molecular flexibility index (Phi) is 4.20. The van der Waals surface area contributed by atoms with Crippen molar-refractivity contribution in [3.05, 3.63) is 59.4 Å². The van der Waals surface area contributed by atoms with Crippen LogP contribution in [0, 0.1) is 5.41 Å². The van der Waals surface area contributed by atoms with Gasteiger partial charge in [0.1, 0.15) is 0 Å². The van der Waals surface area contributed by atoms with Gasteiger partial charge in [0, 0.05) is 29.5 Å². The van der Waals surface area contributed by atoms with E-state index in [9.17, 15) is 4.79 Å². The highest BCUT2D eigenvalue weighted by molar-refractivity contribution is 6.30. The number of H-pyrrole nitrogens is 1. The molecule has 1 fully saturated rings.